The summed E-state index contributed by atoms with van der Waals surface area (Å²) < 4.78 is 5.47. The van der Waals surface area contributed by atoms with Crippen LogP contribution in [0.1, 0.15) is 431 Å². The Bertz CT molecular complexity index is 1380. The molecule has 0 aromatic rings. The number of esters is 1. The third-order valence-electron chi connectivity index (χ3n) is 18.1. The van der Waals surface area contributed by atoms with Gasteiger partial charge >= 0.3 is 5.97 Å². The van der Waals surface area contributed by atoms with E-state index in [4.69, 9.17) is 4.74 Å². The van der Waals surface area contributed by atoms with E-state index in [2.05, 4.69) is 43.5 Å². The summed E-state index contributed by atoms with van der Waals surface area (Å²) in [5.74, 6) is -0.0506. The maximum atomic E-state index is 12.5. The first-order valence-corrected chi connectivity index (χ1v) is 38.8. The molecule has 502 valence electrons. The van der Waals surface area contributed by atoms with E-state index in [1.54, 1.807) is 6.08 Å². The van der Waals surface area contributed by atoms with E-state index < -0.39 is 12.1 Å². The number of amides is 1. The van der Waals surface area contributed by atoms with Gasteiger partial charge in [-0.1, -0.05) is 378 Å². The molecule has 0 saturated heterocycles. The smallest absolute Gasteiger partial charge is 0.305 e. The average Bonchev–Trinajstić information content (AvgIpc) is 3.54. The topological polar surface area (TPSA) is 95.9 Å². The molecule has 3 N–H and O–H groups in total. The summed E-state index contributed by atoms with van der Waals surface area (Å²) >= 11 is 0. The lowest BCUT2D eigenvalue weighted by Gasteiger charge is -2.20. The van der Waals surface area contributed by atoms with Gasteiger partial charge in [-0.15, -0.1) is 0 Å². The molecule has 0 aliphatic heterocycles. The zero-order valence-electron chi connectivity index (χ0n) is 57.6. The Morgan fingerprint density at radius 2 is 0.565 bits per heavy atom. The number of hydrogen-bond acceptors (Lipinski definition) is 5. The van der Waals surface area contributed by atoms with Crippen LogP contribution in [0.25, 0.3) is 0 Å². The summed E-state index contributed by atoms with van der Waals surface area (Å²) in [6.45, 7) is 4.91. The van der Waals surface area contributed by atoms with Crippen LogP contribution in [0.15, 0.2) is 36.5 Å². The number of rotatable bonds is 73. The molecule has 0 saturated carbocycles. The first-order valence-electron chi connectivity index (χ1n) is 38.8. The second kappa shape index (κ2) is 74.5. The van der Waals surface area contributed by atoms with E-state index in [-0.39, 0.29) is 18.5 Å². The van der Waals surface area contributed by atoms with Crippen LogP contribution >= 0.6 is 0 Å². The van der Waals surface area contributed by atoms with Crippen LogP contribution in [-0.2, 0) is 14.3 Å². The van der Waals surface area contributed by atoms with E-state index in [0.717, 1.165) is 44.9 Å². The second-order valence-electron chi connectivity index (χ2n) is 26.7. The van der Waals surface area contributed by atoms with Crippen molar-refractivity contribution < 1.29 is 24.5 Å². The molecule has 2 atom stereocenters. The molecular weight excluding hydrogens is 1040 g/mol. The Balaban J connectivity index is 3.37. The van der Waals surface area contributed by atoms with E-state index in [0.29, 0.717) is 19.4 Å². The van der Waals surface area contributed by atoms with Crippen LogP contribution in [-0.4, -0.2) is 47.4 Å². The van der Waals surface area contributed by atoms with Gasteiger partial charge in [-0.2, -0.15) is 0 Å². The van der Waals surface area contributed by atoms with Crippen LogP contribution in [0.2, 0.25) is 0 Å². The zero-order valence-corrected chi connectivity index (χ0v) is 57.6. The fourth-order valence-corrected chi connectivity index (χ4v) is 12.2. The molecule has 0 heterocycles. The van der Waals surface area contributed by atoms with Crippen LogP contribution in [0.3, 0.4) is 0 Å². The molecule has 85 heavy (non-hydrogen) atoms. The van der Waals surface area contributed by atoms with Gasteiger partial charge in [0.2, 0.25) is 5.91 Å². The molecule has 2 unspecified atom stereocenters. The van der Waals surface area contributed by atoms with Gasteiger partial charge in [0.15, 0.2) is 0 Å². The molecule has 0 aromatic carbocycles. The monoisotopic (exact) mass is 1190 g/mol. The molecule has 0 bridgehead atoms. The number of nitrogens with one attached hydrogen (secondary N) is 1. The van der Waals surface area contributed by atoms with Gasteiger partial charge in [0, 0.05) is 12.8 Å². The summed E-state index contributed by atoms with van der Waals surface area (Å²) in [6, 6.07) is -0.626. The van der Waals surface area contributed by atoms with Crippen LogP contribution < -0.4 is 5.32 Å². The highest BCUT2D eigenvalue weighted by atomic mass is 16.5. The van der Waals surface area contributed by atoms with E-state index in [1.165, 1.54) is 360 Å². The average molecular weight is 1200 g/mol. The van der Waals surface area contributed by atoms with Gasteiger partial charge in [-0.3, -0.25) is 9.59 Å². The van der Waals surface area contributed by atoms with Crippen LogP contribution in [0.5, 0.6) is 0 Å². The largest absolute Gasteiger partial charge is 0.466 e. The highest BCUT2D eigenvalue weighted by molar-refractivity contribution is 5.76. The van der Waals surface area contributed by atoms with E-state index >= 15 is 0 Å². The molecule has 1 amide bonds. The van der Waals surface area contributed by atoms with E-state index in [1.807, 2.05) is 6.08 Å². The lowest BCUT2D eigenvalue weighted by atomic mass is 10.0. The molecule has 0 rings (SSSR count). The fraction of sp³-hybridized carbons (Fsp3) is 0.899. The Morgan fingerprint density at radius 3 is 0.871 bits per heavy atom. The number of hydrogen-bond donors (Lipinski definition) is 3. The van der Waals surface area contributed by atoms with Crippen molar-refractivity contribution in [3.05, 3.63) is 36.5 Å². The van der Waals surface area contributed by atoms with Crippen molar-refractivity contribution in [1.82, 2.24) is 5.32 Å². The normalized spacial score (nSPS) is 12.7. The third kappa shape index (κ3) is 71.0. The quantitative estimate of drug-likeness (QED) is 0.0320. The summed E-state index contributed by atoms with van der Waals surface area (Å²) in [5.41, 5.74) is 0. The Hall–Kier alpha value is -1.92. The van der Waals surface area contributed by atoms with Crippen molar-refractivity contribution >= 4 is 11.9 Å². The summed E-state index contributed by atoms with van der Waals surface area (Å²) in [4.78, 5) is 24.6. The number of aliphatic hydroxyl groups excluding tert-OH is 2. The maximum Gasteiger partial charge on any atom is 0.305 e. The van der Waals surface area contributed by atoms with Crippen LogP contribution in [0.4, 0.5) is 0 Å². The maximum absolute atomic E-state index is 12.5. The molecule has 0 aromatic heterocycles. The molecule has 0 aliphatic carbocycles. The minimum absolute atomic E-state index is 0.00930. The third-order valence-corrected chi connectivity index (χ3v) is 18.1. The predicted molar refractivity (Wildman–Crippen MR) is 375 cm³/mol. The first-order chi connectivity index (χ1) is 42.0. The SMILES string of the molecule is CCCC/C=C\CCCCCCCC(=O)OCCCCCCCCCCCCCCCC/C=C\CCCCCCCCCCCCCCCCCCCC(=O)NC(CO)C(O)/C=C/CCCCCCCCCCCCCCCCCCCCCC. The summed E-state index contributed by atoms with van der Waals surface area (Å²) in [7, 11) is 0. The van der Waals surface area contributed by atoms with Gasteiger partial charge in [0.05, 0.1) is 25.4 Å². The lowest BCUT2D eigenvalue weighted by Crippen LogP contribution is -2.45. The standard InChI is InChI=1S/C79H151NO5/c1-3-5-7-9-11-13-15-16-17-18-19-20-36-39-42-45-48-52-55-59-63-67-71-77(82)76(75-81)80-78(83)72-68-64-60-56-53-49-46-43-40-37-34-32-30-28-26-24-22-21-23-25-27-29-31-33-35-38-41-44-47-50-54-58-62-66-70-74-85-79(84)73-69-65-61-57-51-14-12-10-8-6-4-2/h10,12,23,25,67,71,76-77,81-82H,3-9,11,13-22,24,26-66,68-70,72-75H2,1-2H3,(H,80,83)/b12-10-,25-23-,71-67+. The number of ether oxygens (including phenoxy) is 1. The predicted octanol–water partition coefficient (Wildman–Crippen LogP) is 25.4. The molecule has 0 spiro atoms. The van der Waals surface area contributed by atoms with Crippen molar-refractivity contribution in [2.45, 2.75) is 443 Å². The van der Waals surface area contributed by atoms with Gasteiger partial charge in [0.25, 0.3) is 0 Å². The highest BCUT2D eigenvalue weighted by Gasteiger charge is 2.18. The Labute approximate surface area is 532 Å². The van der Waals surface area contributed by atoms with Gasteiger partial charge < -0.3 is 20.3 Å². The van der Waals surface area contributed by atoms with Gasteiger partial charge in [0.1, 0.15) is 0 Å². The molecular formula is C79H151NO5. The van der Waals surface area contributed by atoms with Gasteiger partial charge in [-0.25, -0.2) is 0 Å². The molecule has 6 nitrogen and oxygen atoms in total. The van der Waals surface area contributed by atoms with Gasteiger partial charge in [-0.05, 0) is 77.0 Å². The minimum Gasteiger partial charge on any atom is -0.466 e. The van der Waals surface area contributed by atoms with E-state index in [9.17, 15) is 19.8 Å². The first kappa shape index (κ1) is 83.1. The molecule has 6 heteroatoms. The Morgan fingerprint density at radius 1 is 0.318 bits per heavy atom. The fourth-order valence-electron chi connectivity index (χ4n) is 12.2. The summed E-state index contributed by atoms with van der Waals surface area (Å²) in [5, 5.41) is 23.3. The molecule has 0 radical (unpaired) electrons. The van der Waals surface area contributed by atoms with Crippen molar-refractivity contribution in [2.24, 2.45) is 0 Å². The number of aliphatic hydroxyl groups is 2. The highest BCUT2D eigenvalue weighted by Crippen LogP contribution is 2.19. The molecule has 0 aliphatic rings. The van der Waals surface area contributed by atoms with Crippen LogP contribution in [0, 0.1) is 0 Å². The number of carbonyl (C=O) groups is 2. The summed E-state index contributed by atoms with van der Waals surface area (Å²) in [6.07, 6.45) is 97.0. The van der Waals surface area contributed by atoms with Crippen molar-refractivity contribution in [2.75, 3.05) is 13.2 Å². The second-order valence-corrected chi connectivity index (χ2v) is 26.7. The minimum atomic E-state index is -0.843. The lowest BCUT2D eigenvalue weighted by molar-refractivity contribution is -0.143. The van der Waals surface area contributed by atoms with Crippen molar-refractivity contribution in [1.29, 1.82) is 0 Å². The van der Waals surface area contributed by atoms with Crippen molar-refractivity contribution in [3.8, 4) is 0 Å². The number of allylic oxidation sites excluding steroid dienone is 5. The Kier molecular flexibility index (Phi) is 72.9. The molecule has 0 fully saturated rings. The number of unbranched alkanes of at least 4 members (excludes halogenated alkanes) is 58. The van der Waals surface area contributed by atoms with Crippen molar-refractivity contribution in [3.63, 3.8) is 0 Å². The zero-order chi connectivity index (χ0) is 61.3. The number of carbonyl (C=O) groups excluding carboxylic acids is 2.